The van der Waals surface area contributed by atoms with Gasteiger partial charge in [-0.25, -0.2) is 0 Å². The third-order valence-corrected chi connectivity index (χ3v) is 3.18. The van der Waals surface area contributed by atoms with Crippen molar-refractivity contribution in [3.8, 4) is 0 Å². The Balaban J connectivity index is 2.23. The van der Waals surface area contributed by atoms with Crippen LogP contribution in [0.25, 0.3) is 10.9 Å². The van der Waals surface area contributed by atoms with E-state index in [2.05, 4.69) is 10.2 Å². The predicted molar refractivity (Wildman–Crippen MR) is 84.9 cm³/mol. The quantitative estimate of drug-likeness (QED) is 0.731. The van der Waals surface area contributed by atoms with Gasteiger partial charge in [0.25, 0.3) is 0 Å². The number of benzene rings is 2. The van der Waals surface area contributed by atoms with E-state index in [-0.39, 0.29) is 5.11 Å². The maximum absolute atomic E-state index is 5.90. The van der Waals surface area contributed by atoms with Gasteiger partial charge in [0, 0.05) is 11.1 Å². The summed E-state index contributed by atoms with van der Waals surface area (Å²) in [6, 6.07) is 17.5. The Morgan fingerprint density at radius 1 is 1.00 bits per heavy atom. The van der Waals surface area contributed by atoms with E-state index in [1.165, 1.54) is 0 Å². The summed E-state index contributed by atoms with van der Waals surface area (Å²) >= 11 is 5.20. The van der Waals surface area contributed by atoms with Gasteiger partial charge >= 0.3 is 0 Å². The minimum atomic E-state index is 0.273. The SMILES string of the molecule is NC(=S)N(c1ccccc1)c1cccc2ccnnc12. The van der Waals surface area contributed by atoms with Crippen LogP contribution in [0.2, 0.25) is 0 Å². The van der Waals surface area contributed by atoms with Crippen LogP contribution in [-0.2, 0) is 0 Å². The average molecular weight is 280 g/mol. The van der Waals surface area contributed by atoms with Crippen LogP contribution in [0.4, 0.5) is 11.4 Å². The molecule has 0 fully saturated rings. The summed E-state index contributed by atoms with van der Waals surface area (Å²) in [5, 5.41) is 9.42. The van der Waals surface area contributed by atoms with E-state index in [1.54, 1.807) is 11.1 Å². The zero-order valence-electron chi connectivity index (χ0n) is 10.6. The highest BCUT2D eigenvalue weighted by atomic mass is 32.1. The molecule has 0 aliphatic carbocycles. The van der Waals surface area contributed by atoms with Crippen LogP contribution in [0.5, 0.6) is 0 Å². The fraction of sp³-hybridized carbons (Fsp3) is 0. The summed E-state index contributed by atoms with van der Waals surface area (Å²) < 4.78 is 0. The Kier molecular flexibility index (Phi) is 3.26. The summed E-state index contributed by atoms with van der Waals surface area (Å²) in [7, 11) is 0. The van der Waals surface area contributed by atoms with Crippen LogP contribution >= 0.6 is 12.2 Å². The molecule has 0 saturated heterocycles. The van der Waals surface area contributed by atoms with Gasteiger partial charge in [0.05, 0.1) is 11.9 Å². The number of hydrogen-bond donors (Lipinski definition) is 1. The van der Waals surface area contributed by atoms with Crippen LogP contribution in [0.3, 0.4) is 0 Å². The maximum Gasteiger partial charge on any atom is 0.175 e. The number of nitrogens with zero attached hydrogens (tertiary/aromatic N) is 3. The number of fused-ring (bicyclic) bond motifs is 1. The Bertz CT molecular complexity index is 753. The molecular weight excluding hydrogens is 268 g/mol. The second kappa shape index (κ2) is 5.22. The van der Waals surface area contributed by atoms with Crippen LogP contribution < -0.4 is 10.6 Å². The van der Waals surface area contributed by atoms with Gasteiger partial charge in [-0.15, -0.1) is 5.10 Å². The molecule has 2 aromatic carbocycles. The second-order valence-electron chi connectivity index (χ2n) is 4.26. The summed E-state index contributed by atoms with van der Waals surface area (Å²) in [6.07, 6.45) is 1.67. The Labute approximate surface area is 121 Å². The lowest BCUT2D eigenvalue weighted by Crippen LogP contribution is -2.31. The van der Waals surface area contributed by atoms with E-state index in [4.69, 9.17) is 18.0 Å². The number of anilines is 2. The highest BCUT2D eigenvalue weighted by Gasteiger charge is 2.15. The molecule has 2 N–H and O–H groups in total. The normalized spacial score (nSPS) is 10.4. The first-order valence-corrected chi connectivity index (χ1v) is 6.53. The molecule has 0 saturated carbocycles. The molecule has 0 radical (unpaired) electrons. The van der Waals surface area contributed by atoms with Crippen molar-refractivity contribution < 1.29 is 0 Å². The molecule has 3 aromatic rings. The Hall–Kier alpha value is -2.53. The van der Waals surface area contributed by atoms with Crippen molar-refractivity contribution in [1.29, 1.82) is 0 Å². The number of rotatable bonds is 2. The number of thiocarbonyl (C=S) groups is 1. The first-order valence-electron chi connectivity index (χ1n) is 6.12. The molecule has 0 amide bonds. The van der Waals surface area contributed by atoms with Crippen LogP contribution in [0.1, 0.15) is 0 Å². The van der Waals surface area contributed by atoms with Crippen molar-refractivity contribution in [2.24, 2.45) is 5.73 Å². The molecule has 0 atom stereocenters. The minimum Gasteiger partial charge on any atom is -0.376 e. The van der Waals surface area contributed by atoms with E-state index in [1.807, 2.05) is 54.6 Å². The molecule has 1 heterocycles. The van der Waals surface area contributed by atoms with E-state index in [0.717, 1.165) is 22.3 Å². The molecule has 98 valence electrons. The lowest BCUT2D eigenvalue weighted by atomic mass is 10.2. The molecule has 4 nitrogen and oxygen atoms in total. The van der Waals surface area contributed by atoms with Crippen LogP contribution in [0, 0.1) is 0 Å². The van der Waals surface area contributed by atoms with Gasteiger partial charge in [-0.05, 0) is 36.5 Å². The van der Waals surface area contributed by atoms with Crippen LogP contribution in [0.15, 0.2) is 60.8 Å². The van der Waals surface area contributed by atoms with Crippen molar-refractivity contribution in [3.63, 3.8) is 0 Å². The zero-order chi connectivity index (χ0) is 13.9. The van der Waals surface area contributed by atoms with Crippen LogP contribution in [-0.4, -0.2) is 15.3 Å². The van der Waals surface area contributed by atoms with Gasteiger partial charge in [-0.3, -0.25) is 4.90 Å². The molecule has 1 aromatic heterocycles. The Morgan fingerprint density at radius 3 is 2.55 bits per heavy atom. The number of aromatic nitrogens is 2. The second-order valence-corrected chi connectivity index (χ2v) is 4.67. The molecule has 0 bridgehead atoms. The highest BCUT2D eigenvalue weighted by Crippen LogP contribution is 2.30. The van der Waals surface area contributed by atoms with Gasteiger partial charge < -0.3 is 5.73 Å². The van der Waals surface area contributed by atoms with Crippen molar-refractivity contribution >= 4 is 39.6 Å². The van der Waals surface area contributed by atoms with Crippen molar-refractivity contribution in [2.45, 2.75) is 0 Å². The van der Waals surface area contributed by atoms with Gasteiger partial charge in [-0.1, -0.05) is 30.3 Å². The van der Waals surface area contributed by atoms with E-state index >= 15 is 0 Å². The molecule has 20 heavy (non-hydrogen) atoms. The lowest BCUT2D eigenvalue weighted by molar-refractivity contribution is 1.07. The predicted octanol–water partition coefficient (Wildman–Crippen LogP) is 3.01. The van der Waals surface area contributed by atoms with Crippen molar-refractivity contribution in [2.75, 3.05) is 4.90 Å². The minimum absolute atomic E-state index is 0.273. The molecule has 0 aliphatic heterocycles. The third kappa shape index (κ3) is 2.19. The Morgan fingerprint density at radius 2 is 1.80 bits per heavy atom. The maximum atomic E-state index is 5.90. The largest absolute Gasteiger partial charge is 0.376 e. The lowest BCUT2D eigenvalue weighted by Gasteiger charge is -2.23. The third-order valence-electron chi connectivity index (χ3n) is 3.00. The zero-order valence-corrected chi connectivity index (χ0v) is 11.4. The molecule has 0 aliphatic rings. The van der Waals surface area contributed by atoms with Gasteiger partial charge in [-0.2, -0.15) is 5.10 Å². The summed E-state index contributed by atoms with van der Waals surface area (Å²) in [5.74, 6) is 0. The van der Waals surface area contributed by atoms with Crippen molar-refractivity contribution in [3.05, 3.63) is 60.8 Å². The molecule has 3 rings (SSSR count). The molecule has 0 unspecified atom stereocenters. The summed E-state index contributed by atoms with van der Waals surface area (Å²) in [5.41, 5.74) is 8.40. The fourth-order valence-corrected chi connectivity index (χ4v) is 2.34. The standard InChI is InChI=1S/C15H12N4S/c16-15(20)19(12-6-2-1-3-7-12)13-8-4-5-11-9-10-17-18-14(11)13/h1-10H,(H2,16,20). The summed E-state index contributed by atoms with van der Waals surface area (Å²) in [6.45, 7) is 0. The van der Waals surface area contributed by atoms with E-state index < -0.39 is 0 Å². The van der Waals surface area contributed by atoms with Crippen molar-refractivity contribution in [1.82, 2.24) is 10.2 Å². The van der Waals surface area contributed by atoms with Gasteiger partial charge in [0.2, 0.25) is 0 Å². The average Bonchev–Trinajstić information content (AvgIpc) is 2.48. The van der Waals surface area contributed by atoms with E-state index in [0.29, 0.717) is 0 Å². The topological polar surface area (TPSA) is 55.0 Å². The number of para-hydroxylation sites is 1. The molecule has 5 heteroatoms. The molecule has 0 spiro atoms. The van der Waals surface area contributed by atoms with E-state index in [9.17, 15) is 0 Å². The first-order chi connectivity index (χ1) is 9.77. The highest BCUT2D eigenvalue weighted by molar-refractivity contribution is 7.80. The fourth-order valence-electron chi connectivity index (χ4n) is 2.14. The first kappa shape index (κ1) is 12.5. The monoisotopic (exact) mass is 280 g/mol. The molecular formula is C15H12N4S. The number of nitrogens with two attached hydrogens (primary N) is 1. The van der Waals surface area contributed by atoms with Gasteiger partial charge in [0.1, 0.15) is 5.52 Å². The van der Waals surface area contributed by atoms with Gasteiger partial charge in [0.15, 0.2) is 5.11 Å². The smallest absolute Gasteiger partial charge is 0.175 e. The number of hydrogen-bond acceptors (Lipinski definition) is 3. The summed E-state index contributed by atoms with van der Waals surface area (Å²) in [4.78, 5) is 1.80.